The van der Waals surface area contributed by atoms with Gasteiger partial charge < -0.3 is 12.4 Å². The van der Waals surface area contributed by atoms with E-state index in [2.05, 4.69) is 4.98 Å². The molecule has 1 aromatic rings. The second kappa shape index (κ2) is 6.96. The Kier molecular flexibility index (Phi) is 9.44. The standard InChI is InChI=1S/C5H5N.ClH.Cu/c1-2-4-6-5-3-1;;/h1-5H;1H;/q;;+1/p-1. The fraction of sp³-hybridized carbons (Fsp3) is 0. The number of rotatable bonds is 0. The van der Waals surface area contributed by atoms with Crippen LogP contribution < -0.4 is 12.4 Å². The molecule has 0 saturated heterocycles. The van der Waals surface area contributed by atoms with Gasteiger partial charge in [-0.1, -0.05) is 6.07 Å². The van der Waals surface area contributed by atoms with E-state index in [1.807, 2.05) is 18.2 Å². The van der Waals surface area contributed by atoms with E-state index in [4.69, 9.17) is 0 Å². The molecule has 8 heavy (non-hydrogen) atoms. The third-order valence-electron chi connectivity index (χ3n) is 0.566. The normalized spacial score (nSPS) is 6.00. The van der Waals surface area contributed by atoms with Gasteiger partial charge in [0.2, 0.25) is 0 Å². The molecule has 0 aromatic carbocycles. The fourth-order valence-corrected chi connectivity index (χ4v) is 0.313. The van der Waals surface area contributed by atoms with Crippen molar-refractivity contribution in [2.75, 3.05) is 0 Å². The predicted molar refractivity (Wildman–Crippen MR) is 24.2 cm³/mol. The maximum Gasteiger partial charge on any atom is 1.00 e. The second-order valence-electron chi connectivity index (χ2n) is 1.02. The molecule has 48 valence electrons. The summed E-state index contributed by atoms with van der Waals surface area (Å²) in [4.78, 5) is 3.78. The van der Waals surface area contributed by atoms with Gasteiger partial charge in [0.25, 0.3) is 0 Å². The summed E-state index contributed by atoms with van der Waals surface area (Å²) in [5.74, 6) is 0. The average Bonchev–Trinajstić information content (AvgIpc) is 1.72. The summed E-state index contributed by atoms with van der Waals surface area (Å²) in [6.45, 7) is 0. The van der Waals surface area contributed by atoms with Crippen molar-refractivity contribution in [2.24, 2.45) is 0 Å². The van der Waals surface area contributed by atoms with Crippen LogP contribution in [0.15, 0.2) is 30.6 Å². The first kappa shape index (κ1) is 10.9. The maximum atomic E-state index is 3.78. The monoisotopic (exact) mass is 177 g/mol. The minimum Gasteiger partial charge on any atom is -1.00 e. The van der Waals surface area contributed by atoms with Gasteiger partial charge in [-0.15, -0.1) is 0 Å². The Morgan fingerprint density at radius 1 is 0.875 bits per heavy atom. The topological polar surface area (TPSA) is 12.9 Å². The third kappa shape index (κ3) is 4.13. The second-order valence-corrected chi connectivity index (χ2v) is 1.02. The largest absolute Gasteiger partial charge is 1.00 e. The number of hydrogen-bond donors (Lipinski definition) is 0. The molecule has 0 atom stereocenters. The van der Waals surface area contributed by atoms with Gasteiger partial charge in [-0.3, -0.25) is 4.98 Å². The molecule has 3 heteroatoms. The van der Waals surface area contributed by atoms with Crippen molar-refractivity contribution in [1.29, 1.82) is 0 Å². The maximum absolute atomic E-state index is 3.78. The summed E-state index contributed by atoms with van der Waals surface area (Å²) in [5, 5.41) is 0. The Labute approximate surface area is 65.4 Å². The van der Waals surface area contributed by atoms with Crippen LogP contribution in [0.3, 0.4) is 0 Å². The van der Waals surface area contributed by atoms with E-state index in [1.54, 1.807) is 12.4 Å². The van der Waals surface area contributed by atoms with Gasteiger partial charge in [-0.25, -0.2) is 0 Å². The predicted octanol–water partition coefficient (Wildman–Crippen LogP) is -1.92. The molecule has 1 rings (SSSR count). The molecule has 1 nitrogen and oxygen atoms in total. The van der Waals surface area contributed by atoms with Gasteiger partial charge in [-0.05, 0) is 12.1 Å². The van der Waals surface area contributed by atoms with E-state index in [-0.39, 0.29) is 29.5 Å². The molecule has 0 spiro atoms. The summed E-state index contributed by atoms with van der Waals surface area (Å²) in [7, 11) is 0. The average molecular weight is 178 g/mol. The number of halogens is 1. The van der Waals surface area contributed by atoms with Crippen molar-refractivity contribution in [3.8, 4) is 0 Å². The van der Waals surface area contributed by atoms with Crippen LogP contribution in [0.1, 0.15) is 0 Å². The Hall–Kier alpha value is -0.0405. The van der Waals surface area contributed by atoms with Crippen LogP contribution in [-0.4, -0.2) is 4.98 Å². The molecule has 1 aromatic heterocycles. The number of pyridine rings is 1. The van der Waals surface area contributed by atoms with Crippen LogP contribution in [0.5, 0.6) is 0 Å². The molecule has 0 fully saturated rings. The first-order chi connectivity index (χ1) is 3.00. The molecule has 0 aliphatic heterocycles. The van der Waals surface area contributed by atoms with Crippen LogP contribution in [0, 0.1) is 0 Å². The molecule has 0 radical (unpaired) electrons. The minimum absolute atomic E-state index is 0. The van der Waals surface area contributed by atoms with E-state index >= 15 is 0 Å². The SMILES string of the molecule is [Cl-].[Cu+].c1ccncc1. The van der Waals surface area contributed by atoms with Crippen LogP contribution in [-0.2, 0) is 17.1 Å². The van der Waals surface area contributed by atoms with Crippen LogP contribution >= 0.6 is 0 Å². The van der Waals surface area contributed by atoms with Gasteiger partial charge in [0.05, 0.1) is 0 Å². The van der Waals surface area contributed by atoms with Crippen LogP contribution in [0.2, 0.25) is 0 Å². The summed E-state index contributed by atoms with van der Waals surface area (Å²) < 4.78 is 0. The van der Waals surface area contributed by atoms with Gasteiger partial charge in [-0.2, -0.15) is 0 Å². The van der Waals surface area contributed by atoms with Gasteiger partial charge in [0.15, 0.2) is 0 Å². The zero-order chi connectivity index (χ0) is 4.24. The molecular formula is C5H5ClCuN. The molecule has 0 bridgehead atoms. The van der Waals surface area contributed by atoms with Gasteiger partial charge >= 0.3 is 17.1 Å². The molecular weight excluding hydrogens is 173 g/mol. The molecule has 1 heterocycles. The first-order valence-corrected chi connectivity index (χ1v) is 1.85. The summed E-state index contributed by atoms with van der Waals surface area (Å²) >= 11 is 0. The van der Waals surface area contributed by atoms with Crippen molar-refractivity contribution >= 4 is 0 Å². The Balaban J connectivity index is 0. The van der Waals surface area contributed by atoms with Gasteiger partial charge in [0.1, 0.15) is 0 Å². The molecule has 0 aliphatic carbocycles. The van der Waals surface area contributed by atoms with E-state index in [0.29, 0.717) is 0 Å². The van der Waals surface area contributed by atoms with Crippen molar-refractivity contribution < 1.29 is 29.5 Å². The molecule has 0 unspecified atom stereocenters. The minimum atomic E-state index is 0. The summed E-state index contributed by atoms with van der Waals surface area (Å²) in [5.41, 5.74) is 0. The Morgan fingerprint density at radius 3 is 1.50 bits per heavy atom. The quantitative estimate of drug-likeness (QED) is 0.422. The van der Waals surface area contributed by atoms with Crippen molar-refractivity contribution in [3.63, 3.8) is 0 Å². The molecule has 0 N–H and O–H groups in total. The summed E-state index contributed by atoms with van der Waals surface area (Å²) in [6.07, 6.45) is 3.50. The summed E-state index contributed by atoms with van der Waals surface area (Å²) in [6, 6.07) is 5.72. The zero-order valence-electron chi connectivity index (χ0n) is 4.01. The zero-order valence-corrected chi connectivity index (χ0v) is 5.71. The van der Waals surface area contributed by atoms with E-state index in [1.165, 1.54) is 0 Å². The van der Waals surface area contributed by atoms with Crippen molar-refractivity contribution in [3.05, 3.63) is 30.6 Å². The molecule has 0 amide bonds. The molecule has 0 saturated carbocycles. The number of nitrogens with zero attached hydrogens (tertiary/aromatic N) is 1. The first-order valence-electron chi connectivity index (χ1n) is 1.85. The van der Waals surface area contributed by atoms with Crippen molar-refractivity contribution in [1.82, 2.24) is 4.98 Å². The fourth-order valence-electron chi connectivity index (χ4n) is 0.313. The Morgan fingerprint density at radius 2 is 1.38 bits per heavy atom. The van der Waals surface area contributed by atoms with E-state index < -0.39 is 0 Å². The number of aromatic nitrogens is 1. The smallest absolute Gasteiger partial charge is 1.00 e. The van der Waals surface area contributed by atoms with Crippen molar-refractivity contribution in [2.45, 2.75) is 0 Å². The van der Waals surface area contributed by atoms with E-state index in [0.717, 1.165) is 0 Å². The molecule has 0 aliphatic rings. The van der Waals surface area contributed by atoms with Crippen LogP contribution in [0.25, 0.3) is 0 Å². The van der Waals surface area contributed by atoms with E-state index in [9.17, 15) is 0 Å². The van der Waals surface area contributed by atoms with Gasteiger partial charge in [0, 0.05) is 12.4 Å². The third-order valence-corrected chi connectivity index (χ3v) is 0.566. The van der Waals surface area contributed by atoms with Crippen LogP contribution in [0.4, 0.5) is 0 Å². The number of hydrogen-bond acceptors (Lipinski definition) is 1. The Bertz CT molecular complexity index is 84.4.